The summed E-state index contributed by atoms with van der Waals surface area (Å²) in [6.45, 7) is 2.74. The van der Waals surface area contributed by atoms with Gasteiger partial charge in [-0.2, -0.15) is 0 Å². The Bertz CT molecular complexity index is 494. The highest BCUT2D eigenvalue weighted by molar-refractivity contribution is 7.92. The number of carbonyl (C=O) groups excluding carboxylic acids is 1. The Morgan fingerprint density at radius 3 is 2.44 bits per heavy atom. The Labute approximate surface area is 94.2 Å². The molecular formula is C11H13FO3S. The topological polar surface area (TPSA) is 51.2 Å². The van der Waals surface area contributed by atoms with Crippen molar-refractivity contribution in [3.63, 3.8) is 0 Å². The Morgan fingerprint density at radius 2 is 1.94 bits per heavy atom. The fraction of sp³-hybridized carbons (Fsp3) is 0.364. The second kappa shape index (κ2) is 4.74. The third-order valence-corrected chi connectivity index (χ3v) is 4.55. The lowest BCUT2D eigenvalue weighted by Crippen LogP contribution is -2.29. The first kappa shape index (κ1) is 12.8. The molecule has 0 saturated heterocycles. The van der Waals surface area contributed by atoms with Crippen LogP contribution in [0.1, 0.15) is 24.2 Å². The van der Waals surface area contributed by atoms with Crippen molar-refractivity contribution >= 4 is 15.6 Å². The van der Waals surface area contributed by atoms with Gasteiger partial charge in [0, 0.05) is 5.75 Å². The van der Waals surface area contributed by atoms with E-state index in [-0.39, 0.29) is 11.3 Å². The minimum Gasteiger partial charge on any atom is -0.293 e. The Morgan fingerprint density at radius 1 is 1.38 bits per heavy atom. The molecule has 0 bridgehead atoms. The van der Waals surface area contributed by atoms with E-state index >= 15 is 0 Å². The van der Waals surface area contributed by atoms with Crippen LogP contribution in [0.15, 0.2) is 24.3 Å². The van der Waals surface area contributed by atoms with Crippen LogP contribution in [0.4, 0.5) is 4.39 Å². The highest BCUT2D eigenvalue weighted by Crippen LogP contribution is 2.14. The smallest absolute Gasteiger partial charge is 0.183 e. The largest absolute Gasteiger partial charge is 0.293 e. The number of rotatable bonds is 4. The molecule has 0 aromatic heterocycles. The summed E-state index contributed by atoms with van der Waals surface area (Å²) in [5.74, 6) is -1.51. The maximum Gasteiger partial charge on any atom is 0.183 e. The number of hydrogen-bond acceptors (Lipinski definition) is 3. The van der Waals surface area contributed by atoms with Gasteiger partial charge in [-0.25, -0.2) is 12.8 Å². The van der Waals surface area contributed by atoms with Gasteiger partial charge in [-0.05, 0) is 19.1 Å². The van der Waals surface area contributed by atoms with E-state index in [1.165, 1.54) is 32.0 Å². The third-order valence-electron chi connectivity index (χ3n) is 2.45. The van der Waals surface area contributed by atoms with Crippen LogP contribution >= 0.6 is 0 Å². The Kier molecular flexibility index (Phi) is 3.80. The van der Waals surface area contributed by atoms with Crippen molar-refractivity contribution in [2.45, 2.75) is 19.1 Å². The minimum atomic E-state index is -3.48. The Balaban J connectivity index is 3.10. The van der Waals surface area contributed by atoms with Gasteiger partial charge < -0.3 is 0 Å². The molecule has 16 heavy (non-hydrogen) atoms. The van der Waals surface area contributed by atoms with E-state index in [4.69, 9.17) is 0 Å². The number of Topliss-reactive ketones (excluding diaryl/α,β-unsaturated/α-hetero) is 1. The summed E-state index contributed by atoms with van der Waals surface area (Å²) in [7, 11) is -3.48. The number of halogens is 1. The van der Waals surface area contributed by atoms with E-state index in [2.05, 4.69) is 0 Å². The molecule has 0 aliphatic rings. The summed E-state index contributed by atoms with van der Waals surface area (Å²) >= 11 is 0. The van der Waals surface area contributed by atoms with Crippen molar-refractivity contribution in [3.8, 4) is 0 Å². The molecule has 1 rings (SSSR count). The monoisotopic (exact) mass is 244 g/mol. The maximum absolute atomic E-state index is 13.3. The molecule has 1 aromatic carbocycles. The molecule has 0 aliphatic carbocycles. The second-order valence-electron chi connectivity index (χ2n) is 3.44. The molecule has 0 radical (unpaired) electrons. The van der Waals surface area contributed by atoms with Crippen LogP contribution in [0.3, 0.4) is 0 Å². The van der Waals surface area contributed by atoms with E-state index in [0.29, 0.717) is 0 Å². The summed E-state index contributed by atoms with van der Waals surface area (Å²) in [4.78, 5) is 11.8. The van der Waals surface area contributed by atoms with Crippen molar-refractivity contribution in [2.24, 2.45) is 0 Å². The molecular weight excluding hydrogens is 231 g/mol. The lowest BCUT2D eigenvalue weighted by Gasteiger charge is -2.10. The van der Waals surface area contributed by atoms with Gasteiger partial charge in [0.25, 0.3) is 0 Å². The zero-order chi connectivity index (χ0) is 12.3. The minimum absolute atomic E-state index is 0.131. The van der Waals surface area contributed by atoms with Crippen LogP contribution in [0.2, 0.25) is 0 Å². The number of ketones is 1. The maximum atomic E-state index is 13.3. The predicted octanol–water partition coefficient (Wildman–Crippen LogP) is 1.83. The summed E-state index contributed by atoms with van der Waals surface area (Å²) < 4.78 is 36.2. The van der Waals surface area contributed by atoms with Gasteiger partial charge >= 0.3 is 0 Å². The van der Waals surface area contributed by atoms with Crippen molar-refractivity contribution in [1.29, 1.82) is 0 Å². The van der Waals surface area contributed by atoms with E-state index in [1.807, 2.05) is 0 Å². The summed E-state index contributed by atoms with van der Waals surface area (Å²) in [5, 5.41) is -1.20. The van der Waals surface area contributed by atoms with E-state index < -0.39 is 26.7 Å². The van der Waals surface area contributed by atoms with E-state index in [9.17, 15) is 17.6 Å². The van der Waals surface area contributed by atoms with Gasteiger partial charge in [-0.1, -0.05) is 19.1 Å². The zero-order valence-corrected chi connectivity index (χ0v) is 9.92. The average Bonchev–Trinajstić information content (AvgIpc) is 2.27. The molecule has 5 heteroatoms. The molecule has 0 unspecified atom stereocenters. The molecule has 88 valence electrons. The van der Waals surface area contributed by atoms with Gasteiger partial charge in [-0.3, -0.25) is 4.79 Å². The SMILES string of the molecule is CCS(=O)(=O)[C@@H](C)C(=O)c1ccccc1F. The fourth-order valence-electron chi connectivity index (χ4n) is 1.29. The zero-order valence-electron chi connectivity index (χ0n) is 9.10. The molecule has 1 aromatic rings. The molecule has 3 nitrogen and oxygen atoms in total. The number of sulfone groups is 1. The standard InChI is InChI=1S/C11H13FO3S/c1-3-16(14,15)8(2)11(13)9-6-4-5-7-10(9)12/h4-8H,3H2,1-2H3/t8-/m0/s1. The van der Waals surface area contributed by atoms with Gasteiger partial charge in [-0.15, -0.1) is 0 Å². The Hall–Kier alpha value is -1.23. The molecule has 0 N–H and O–H groups in total. The van der Waals surface area contributed by atoms with Crippen molar-refractivity contribution < 1.29 is 17.6 Å². The molecule has 0 fully saturated rings. The normalized spacial score (nSPS) is 13.4. The van der Waals surface area contributed by atoms with Crippen LogP contribution in [-0.2, 0) is 9.84 Å². The first-order chi connectivity index (χ1) is 7.40. The average molecular weight is 244 g/mol. The summed E-state index contributed by atoms with van der Waals surface area (Å²) in [6, 6.07) is 5.38. The second-order valence-corrected chi connectivity index (χ2v) is 6.05. The number of carbonyl (C=O) groups is 1. The van der Waals surface area contributed by atoms with Crippen LogP contribution in [0.25, 0.3) is 0 Å². The summed E-state index contributed by atoms with van der Waals surface area (Å²) in [6.07, 6.45) is 0. The number of hydrogen-bond donors (Lipinski definition) is 0. The van der Waals surface area contributed by atoms with Crippen molar-refractivity contribution in [1.82, 2.24) is 0 Å². The van der Waals surface area contributed by atoms with Crippen molar-refractivity contribution in [3.05, 3.63) is 35.6 Å². The van der Waals surface area contributed by atoms with Crippen molar-refractivity contribution in [2.75, 3.05) is 5.75 Å². The quantitative estimate of drug-likeness (QED) is 0.759. The van der Waals surface area contributed by atoms with Crippen LogP contribution in [-0.4, -0.2) is 25.2 Å². The lowest BCUT2D eigenvalue weighted by molar-refractivity contribution is 0.0987. The fourth-order valence-corrected chi connectivity index (χ4v) is 2.25. The molecule has 1 atom stereocenters. The lowest BCUT2D eigenvalue weighted by atomic mass is 10.1. The van der Waals surface area contributed by atoms with Gasteiger partial charge in [0.2, 0.25) is 0 Å². The first-order valence-electron chi connectivity index (χ1n) is 4.90. The number of benzene rings is 1. The molecule has 0 amide bonds. The van der Waals surface area contributed by atoms with Crippen LogP contribution in [0.5, 0.6) is 0 Å². The van der Waals surface area contributed by atoms with Gasteiger partial charge in [0.1, 0.15) is 11.1 Å². The first-order valence-corrected chi connectivity index (χ1v) is 6.62. The van der Waals surface area contributed by atoms with Gasteiger partial charge in [0.05, 0.1) is 5.56 Å². The third kappa shape index (κ3) is 2.47. The van der Waals surface area contributed by atoms with E-state index in [0.717, 1.165) is 6.07 Å². The highest BCUT2D eigenvalue weighted by Gasteiger charge is 2.28. The molecule has 0 saturated carbocycles. The van der Waals surface area contributed by atoms with Gasteiger partial charge in [0.15, 0.2) is 15.6 Å². The molecule has 0 aliphatic heterocycles. The predicted molar refractivity (Wildman–Crippen MR) is 59.7 cm³/mol. The molecule has 0 heterocycles. The summed E-state index contributed by atoms with van der Waals surface area (Å²) in [5.41, 5.74) is -0.174. The van der Waals surface area contributed by atoms with E-state index in [1.54, 1.807) is 0 Å². The van der Waals surface area contributed by atoms with Crippen LogP contribution in [0, 0.1) is 5.82 Å². The highest BCUT2D eigenvalue weighted by atomic mass is 32.2. The molecule has 0 spiro atoms. The van der Waals surface area contributed by atoms with Crippen LogP contribution < -0.4 is 0 Å².